The summed E-state index contributed by atoms with van der Waals surface area (Å²) in [5.74, 6) is 0. The molecule has 0 aliphatic carbocycles. The number of nitrogens with zero attached hydrogens (tertiary/aromatic N) is 2. The highest BCUT2D eigenvalue weighted by Crippen LogP contribution is 2.14. The summed E-state index contributed by atoms with van der Waals surface area (Å²) in [7, 11) is 4.24. The Labute approximate surface area is 122 Å². The summed E-state index contributed by atoms with van der Waals surface area (Å²) in [5, 5.41) is 4.19. The molecule has 0 aliphatic heterocycles. The van der Waals surface area contributed by atoms with Crippen molar-refractivity contribution in [1.29, 1.82) is 0 Å². The lowest BCUT2D eigenvalue weighted by atomic mass is 10.3. The highest BCUT2D eigenvalue weighted by Gasteiger charge is 2.02. The SMILES string of the molecule is CCN(CCCN(C)C)CCNc1cccc(Cl)c1. The molecule has 108 valence electrons. The first kappa shape index (κ1) is 16.3. The first-order valence-corrected chi connectivity index (χ1v) is 7.36. The molecule has 1 aromatic carbocycles. The van der Waals surface area contributed by atoms with Gasteiger partial charge in [0.25, 0.3) is 0 Å². The van der Waals surface area contributed by atoms with Crippen LogP contribution in [-0.2, 0) is 0 Å². The van der Waals surface area contributed by atoms with Crippen molar-refractivity contribution in [2.45, 2.75) is 13.3 Å². The Morgan fingerprint density at radius 2 is 1.95 bits per heavy atom. The summed E-state index contributed by atoms with van der Waals surface area (Å²) < 4.78 is 0. The summed E-state index contributed by atoms with van der Waals surface area (Å²) in [6.07, 6.45) is 1.22. The summed E-state index contributed by atoms with van der Waals surface area (Å²) in [6, 6.07) is 7.88. The number of rotatable bonds is 9. The molecule has 0 bridgehead atoms. The predicted molar refractivity (Wildman–Crippen MR) is 85.2 cm³/mol. The van der Waals surface area contributed by atoms with Gasteiger partial charge in [-0.05, 0) is 58.3 Å². The van der Waals surface area contributed by atoms with Gasteiger partial charge in [-0.15, -0.1) is 0 Å². The van der Waals surface area contributed by atoms with Gasteiger partial charge in [0.15, 0.2) is 0 Å². The molecule has 3 nitrogen and oxygen atoms in total. The van der Waals surface area contributed by atoms with Crippen LogP contribution >= 0.6 is 11.6 Å². The monoisotopic (exact) mass is 283 g/mol. The first-order valence-electron chi connectivity index (χ1n) is 6.98. The summed E-state index contributed by atoms with van der Waals surface area (Å²) in [5.41, 5.74) is 1.09. The van der Waals surface area contributed by atoms with E-state index in [1.165, 1.54) is 6.42 Å². The molecule has 0 atom stereocenters. The van der Waals surface area contributed by atoms with E-state index in [0.717, 1.165) is 43.4 Å². The van der Waals surface area contributed by atoms with Crippen LogP contribution in [0.5, 0.6) is 0 Å². The zero-order valence-corrected chi connectivity index (χ0v) is 13.1. The molecule has 0 saturated carbocycles. The molecule has 0 spiro atoms. The van der Waals surface area contributed by atoms with Crippen molar-refractivity contribution in [1.82, 2.24) is 9.80 Å². The van der Waals surface area contributed by atoms with Gasteiger partial charge in [-0.1, -0.05) is 24.6 Å². The minimum Gasteiger partial charge on any atom is -0.384 e. The van der Waals surface area contributed by atoms with Crippen LogP contribution in [0.2, 0.25) is 5.02 Å². The van der Waals surface area contributed by atoms with Crippen LogP contribution in [0, 0.1) is 0 Å². The normalized spacial score (nSPS) is 11.3. The fraction of sp³-hybridized carbons (Fsp3) is 0.600. The topological polar surface area (TPSA) is 18.5 Å². The van der Waals surface area contributed by atoms with Crippen LogP contribution < -0.4 is 5.32 Å². The maximum absolute atomic E-state index is 5.96. The number of halogens is 1. The molecule has 0 aliphatic rings. The van der Waals surface area contributed by atoms with E-state index in [1.807, 2.05) is 24.3 Å². The minimum atomic E-state index is 0.781. The van der Waals surface area contributed by atoms with E-state index in [2.05, 4.69) is 36.1 Å². The molecule has 0 unspecified atom stereocenters. The lowest BCUT2D eigenvalue weighted by molar-refractivity contribution is 0.275. The average Bonchev–Trinajstić information content (AvgIpc) is 2.36. The van der Waals surface area contributed by atoms with Gasteiger partial charge >= 0.3 is 0 Å². The maximum atomic E-state index is 5.96. The number of benzene rings is 1. The molecule has 1 rings (SSSR count). The Kier molecular flexibility index (Phi) is 7.87. The van der Waals surface area contributed by atoms with Crippen LogP contribution in [0.25, 0.3) is 0 Å². The number of hydrogen-bond acceptors (Lipinski definition) is 3. The fourth-order valence-electron chi connectivity index (χ4n) is 2.00. The molecule has 19 heavy (non-hydrogen) atoms. The molecule has 0 heterocycles. The highest BCUT2D eigenvalue weighted by atomic mass is 35.5. The van der Waals surface area contributed by atoms with Crippen LogP contribution in [0.15, 0.2) is 24.3 Å². The summed E-state index contributed by atoms with van der Waals surface area (Å²) in [6.45, 7) is 7.65. The van der Waals surface area contributed by atoms with Crippen molar-refractivity contribution in [2.24, 2.45) is 0 Å². The van der Waals surface area contributed by atoms with E-state index in [9.17, 15) is 0 Å². The van der Waals surface area contributed by atoms with E-state index in [1.54, 1.807) is 0 Å². The van der Waals surface area contributed by atoms with E-state index in [0.29, 0.717) is 0 Å². The van der Waals surface area contributed by atoms with Gasteiger partial charge in [0.1, 0.15) is 0 Å². The largest absolute Gasteiger partial charge is 0.384 e. The van der Waals surface area contributed by atoms with E-state index < -0.39 is 0 Å². The third kappa shape index (κ3) is 7.41. The Balaban J connectivity index is 2.22. The Hall–Kier alpha value is -0.770. The molecule has 0 radical (unpaired) electrons. The molecule has 0 fully saturated rings. The van der Waals surface area contributed by atoms with Gasteiger partial charge in [-0.3, -0.25) is 0 Å². The predicted octanol–water partition coefficient (Wildman–Crippen LogP) is 3.03. The number of hydrogen-bond donors (Lipinski definition) is 1. The first-order chi connectivity index (χ1) is 9.11. The van der Waals surface area contributed by atoms with Gasteiger partial charge < -0.3 is 15.1 Å². The third-order valence-corrected chi connectivity index (χ3v) is 3.34. The van der Waals surface area contributed by atoms with Crippen molar-refractivity contribution in [3.63, 3.8) is 0 Å². The quantitative estimate of drug-likeness (QED) is 0.752. The van der Waals surface area contributed by atoms with Crippen molar-refractivity contribution in [2.75, 3.05) is 52.1 Å². The highest BCUT2D eigenvalue weighted by molar-refractivity contribution is 6.30. The minimum absolute atomic E-state index is 0.781. The fourth-order valence-corrected chi connectivity index (χ4v) is 2.19. The molecule has 1 N–H and O–H groups in total. The standard InChI is InChI=1S/C15H26ClN3/c1-4-19(11-6-10-18(2)3)12-9-17-15-8-5-7-14(16)13-15/h5,7-8,13,17H,4,6,9-12H2,1-3H3. The van der Waals surface area contributed by atoms with Gasteiger partial charge in [-0.2, -0.15) is 0 Å². The Bertz CT molecular complexity index is 355. The van der Waals surface area contributed by atoms with Crippen LogP contribution in [0.4, 0.5) is 5.69 Å². The second-order valence-corrected chi connectivity index (χ2v) is 5.46. The zero-order valence-electron chi connectivity index (χ0n) is 12.3. The number of anilines is 1. The van der Waals surface area contributed by atoms with E-state index in [4.69, 9.17) is 11.6 Å². The van der Waals surface area contributed by atoms with Crippen LogP contribution in [-0.4, -0.2) is 56.6 Å². The second-order valence-electron chi connectivity index (χ2n) is 5.03. The lowest BCUT2D eigenvalue weighted by Gasteiger charge is -2.21. The zero-order chi connectivity index (χ0) is 14.1. The molecule has 1 aromatic rings. The second kappa shape index (κ2) is 9.18. The van der Waals surface area contributed by atoms with E-state index >= 15 is 0 Å². The molecule has 0 aromatic heterocycles. The molecule has 4 heteroatoms. The molecular formula is C15H26ClN3. The van der Waals surface area contributed by atoms with Gasteiger partial charge in [0.2, 0.25) is 0 Å². The summed E-state index contributed by atoms with van der Waals surface area (Å²) in [4.78, 5) is 4.71. The van der Waals surface area contributed by atoms with Crippen LogP contribution in [0.1, 0.15) is 13.3 Å². The Morgan fingerprint density at radius 1 is 1.16 bits per heavy atom. The third-order valence-electron chi connectivity index (χ3n) is 3.11. The Morgan fingerprint density at radius 3 is 2.58 bits per heavy atom. The summed E-state index contributed by atoms with van der Waals surface area (Å²) >= 11 is 5.96. The number of likely N-dealkylation sites (N-methyl/N-ethyl adjacent to an activating group) is 1. The van der Waals surface area contributed by atoms with Crippen molar-refractivity contribution in [3.8, 4) is 0 Å². The van der Waals surface area contributed by atoms with Gasteiger partial charge in [-0.25, -0.2) is 0 Å². The van der Waals surface area contributed by atoms with Gasteiger partial charge in [0.05, 0.1) is 0 Å². The van der Waals surface area contributed by atoms with E-state index in [-0.39, 0.29) is 0 Å². The van der Waals surface area contributed by atoms with Crippen molar-refractivity contribution < 1.29 is 0 Å². The van der Waals surface area contributed by atoms with Crippen LogP contribution in [0.3, 0.4) is 0 Å². The lowest BCUT2D eigenvalue weighted by Crippen LogP contribution is -2.31. The van der Waals surface area contributed by atoms with Crippen molar-refractivity contribution >= 4 is 17.3 Å². The number of nitrogens with one attached hydrogen (secondary N) is 1. The molecular weight excluding hydrogens is 258 g/mol. The average molecular weight is 284 g/mol. The molecule has 0 amide bonds. The smallest absolute Gasteiger partial charge is 0.0426 e. The van der Waals surface area contributed by atoms with Crippen molar-refractivity contribution in [3.05, 3.63) is 29.3 Å². The molecule has 0 saturated heterocycles. The maximum Gasteiger partial charge on any atom is 0.0426 e. The van der Waals surface area contributed by atoms with Gasteiger partial charge in [0, 0.05) is 23.8 Å².